The maximum absolute atomic E-state index is 12.0. The number of unbranched alkanes of at least 4 members (excludes halogenated alkanes) is 1. The van der Waals surface area contributed by atoms with Gasteiger partial charge in [0.15, 0.2) is 0 Å². The number of rotatable bonds is 7. The first-order chi connectivity index (χ1) is 8.19. The van der Waals surface area contributed by atoms with E-state index >= 15 is 0 Å². The average molecular weight is 240 g/mol. The lowest BCUT2D eigenvalue weighted by Crippen LogP contribution is -2.42. The molecule has 1 amide bonds. The number of nitrogens with one attached hydrogen (secondary N) is 2. The van der Waals surface area contributed by atoms with E-state index in [-0.39, 0.29) is 11.8 Å². The van der Waals surface area contributed by atoms with Crippen LogP contribution in [0.5, 0.6) is 0 Å². The van der Waals surface area contributed by atoms with E-state index in [0.717, 1.165) is 12.5 Å². The van der Waals surface area contributed by atoms with Gasteiger partial charge in [-0.2, -0.15) is 0 Å². The second kappa shape index (κ2) is 7.70. The standard InChI is InChI=1S/C14H28N2O/c1-4-5-7-12-8-6-9-13(12)16-14(17)11(2)10-15-3/h11-13,15H,4-10H2,1-3H3,(H,16,17). The number of carbonyl (C=O) groups is 1. The quantitative estimate of drug-likeness (QED) is 0.717. The van der Waals surface area contributed by atoms with Crippen LogP contribution in [-0.2, 0) is 4.79 Å². The molecular weight excluding hydrogens is 212 g/mol. The van der Waals surface area contributed by atoms with Crippen molar-refractivity contribution in [1.29, 1.82) is 0 Å². The highest BCUT2D eigenvalue weighted by molar-refractivity contribution is 5.78. The molecule has 0 aromatic heterocycles. The normalized spacial score (nSPS) is 25.8. The SMILES string of the molecule is CCCCC1CCCC1NC(=O)C(C)CNC. The Labute approximate surface area is 106 Å². The Kier molecular flexibility index (Phi) is 6.56. The highest BCUT2D eigenvalue weighted by Crippen LogP contribution is 2.30. The van der Waals surface area contributed by atoms with Crippen LogP contribution in [0.1, 0.15) is 52.4 Å². The van der Waals surface area contributed by atoms with Gasteiger partial charge >= 0.3 is 0 Å². The van der Waals surface area contributed by atoms with Gasteiger partial charge in [0.1, 0.15) is 0 Å². The fourth-order valence-electron chi connectivity index (χ4n) is 2.76. The molecule has 0 radical (unpaired) electrons. The van der Waals surface area contributed by atoms with Crippen LogP contribution >= 0.6 is 0 Å². The highest BCUT2D eigenvalue weighted by atomic mass is 16.1. The van der Waals surface area contributed by atoms with Crippen molar-refractivity contribution in [3.63, 3.8) is 0 Å². The molecule has 3 nitrogen and oxygen atoms in total. The Morgan fingerprint density at radius 2 is 2.18 bits per heavy atom. The second-order valence-corrected chi connectivity index (χ2v) is 5.41. The first-order valence-electron chi connectivity index (χ1n) is 7.14. The molecule has 17 heavy (non-hydrogen) atoms. The van der Waals surface area contributed by atoms with Gasteiger partial charge in [-0.25, -0.2) is 0 Å². The summed E-state index contributed by atoms with van der Waals surface area (Å²) in [6.07, 6.45) is 7.58. The smallest absolute Gasteiger partial charge is 0.224 e. The third-order valence-electron chi connectivity index (χ3n) is 3.87. The van der Waals surface area contributed by atoms with Crippen LogP contribution in [-0.4, -0.2) is 25.5 Å². The molecule has 1 aliphatic rings. The fraction of sp³-hybridized carbons (Fsp3) is 0.929. The number of hydrogen-bond donors (Lipinski definition) is 2. The summed E-state index contributed by atoms with van der Waals surface area (Å²) in [6, 6.07) is 0.438. The molecule has 2 N–H and O–H groups in total. The summed E-state index contributed by atoms with van der Waals surface area (Å²) < 4.78 is 0. The van der Waals surface area contributed by atoms with Crippen molar-refractivity contribution in [3.05, 3.63) is 0 Å². The summed E-state index contributed by atoms with van der Waals surface area (Å²) in [5, 5.41) is 6.30. The Morgan fingerprint density at radius 3 is 2.82 bits per heavy atom. The predicted octanol–water partition coefficient (Wildman–Crippen LogP) is 2.32. The molecule has 0 aliphatic heterocycles. The minimum atomic E-state index is 0.0763. The van der Waals surface area contributed by atoms with Crippen molar-refractivity contribution in [2.24, 2.45) is 11.8 Å². The first-order valence-corrected chi connectivity index (χ1v) is 7.14. The molecule has 1 saturated carbocycles. The molecule has 0 heterocycles. The van der Waals surface area contributed by atoms with Gasteiger partial charge in [-0.1, -0.05) is 33.1 Å². The lowest BCUT2D eigenvalue weighted by atomic mass is 9.96. The summed E-state index contributed by atoms with van der Waals surface area (Å²) in [6.45, 7) is 4.98. The van der Waals surface area contributed by atoms with E-state index in [1.165, 1.54) is 38.5 Å². The molecule has 100 valence electrons. The molecule has 0 spiro atoms. The van der Waals surface area contributed by atoms with Crippen molar-refractivity contribution in [1.82, 2.24) is 10.6 Å². The molecule has 3 heteroatoms. The van der Waals surface area contributed by atoms with Crippen LogP contribution in [0.25, 0.3) is 0 Å². The van der Waals surface area contributed by atoms with Crippen molar-refractivity contribution < 1.29 is 4.79 Å². The lowest BCUT2D eigenvalue weighted by molar-refractivity contribution is -0.125. The highest BCUT2D eigenvalue weighted by Gasteiger charge is 2.28. The maximum Gasteiger partial charge on any atom is 0.224 e. The zero-order valence-corrected chi connectivity index (χ0v) is 11.6. The summed E-state index contributed by atoms with van der Waals surface area (Å²) in [5.74, 6) is 1.01. The van der Waals surface area contributed by atoms with E-state index < -0.39 is 0 Å². The summed E-state index contributed by atoms with van der Waals surface area (Å²) in [5.41, 5.74) is 0. The molecule has 0 saturated heterocycles. The minimum absolute atomic E-state index is 0.0763. The lowest BCUT2D eigenvalue weighted by Gasteiger charge is -2.22. The average Bonchev–Trinajstić information content (AvgIpc) is 2.74. The molecule has 3 atom stereocenters. The van der Waals surface area contributed by atoms with Crippen LogP contribution in [0.2, 0.25) is 0 Å². The summed E-state index contributed by atoms with van der Waals surface area (Å²) in [4.78, 5) is 12.0. The molecule has 1 aliphatic carbocycles. The van der Waals surface area contributed by atoms with Crippen LogP contribution in [0.3, 0.4) is 0 Å². The molecule has 0 aromatic carbocycles. The van der Waals surface area contributed by atoms with Gasteiger partial charge in [0.25, 0.3) is 0 Å². The van der Waals surface area contributed by atoms with Gasteiger partial charge in [0, 0.05) is 18.5 Å². The van der Waals surface area contributed by atoms with E-state index in [2.05, 4.69) is 17.6 Å². The Balaban J connectivity index is 2.35. The summed E-state index contributed by atoms with van der Waals surface area (Å²) >= 11 is 0. The fourth-order valence-corrected chi connectivity index (χ4v) is 2.76. The largest absolute Gasteiger partial charge is 0.353 e. The van der Waals surface area contributed by atoms with Gasteiger partial charge in [-0.3, -0.25) is 4.79 Å². The molecule has 1 rings (SSSR count). The zero-order valence-electron chi connectivity index (χ0n) is 11.6. The number of hydrogen-bond acceptors (Lipinski definition) is 2. The Morgan fingerprint density at radius 1 is 1.41 bits per heavy atom. The molecule has 3 unspecified atom stereocenters. The van der Waals surface area contributed by atoms with Crippen LogP contribution in [0, 0.1) is 11.8 Å². The zero-order chi connectivity index (χ0) is 12.7. The molecule has 1 fully saturated rings. The Bertz CT molecular complexity index is 230. The first kappa shape index (κ1) is 14.5. The van der Waals surface area contributed by atoms with Gasteiger partial charge in [-0.05, 0) is 32.2 Å². The predicted molar refractivity (Wildman–Crippen MR) is 71.9 cm³/mol. The van der Waals surface area contributed by atoms with Crippen LogP contribution in [0.4, 0.5) is 0 Å². The summed E-state index contributed by atoms with van der Waals surface area (Å²) in [7, 11) is 1.89. The van der Waals surface area contributed by atoms with Gasteiger partial charge in [0.2, 0.25) is 5.91 Å². The van der Waals surface area contributed by atoms with E-state index in [9.17, 15) is 4.79 Å². The third-order valence-corrected chi connectivity index (χ3v) is 3.87. The van der Waals surface area contributed by atoms with Gasteiger partial charge in [-0.15, -0.1) is 0 Å². The van der Waals surface area contributed by atoms with Crippen molar-refractivity contribution in [2.75, 3.05) is 13.6 Å². The van der Waals surface area contributed by atoms with Gasteiger partial charge < -0.3 is 10.6 Å². The van der Waals surface area contributed by atoms with Crippen molar-refractivity contribution in [3.8, 4) is 0 Å². The van der Waals surface area contributed by atoms with Crippen molar-refractivity contribution in [2.45, 2.75) is 58.4 Å². The monoisotopic (exact) mass is 240 g/mol. The van der Waals surface area contributed by atoms with Crippen LogP contribution in [0.15, 0.2) is 0 Å². The Hall–Kier alpha value is -0.570. The van der Waals surface area contributed by atoms with E-state index in [1.54, 1.807) is 0 Å². The third kappa shape index (κ3) is 4.66. The maximum atomic E-state index is 12.0. The molecule has 0 aromatic rings. The molecule has 0 bridgehead atoms. The number of amides is 1. The van der Waals surface area contributed by atoms with Crippen molar-refractivity contribution >= 4 is 5.91 Å². The van der Waals surface area contributed by atoms with Crippen LogP contribution < -0.4 is 10.6 Å². The molecular formula is C14H28N2O. The number of carbonyl (C=O) groups excluding carboxylic acids is 1. The topological polar surface area (TPSA) is 41.1 Å². The second-order valence-electron chi connectivity index (χ2n) is 5.41. The van der Waals surface area contributed by atoms with Gasteiger partial charge in [0.05, 0.1) is 0 Å². The minimum Gasteiger partial charge on any atom is -0.353 e. The van der Waals surface area contributed by atoms with E-state index in [4.69, 9.17) is 0 Å². The van der Waals surface area contributed by atoms with E-state index in [0.29, 0.717) is 6.04 Å². The van der Waals surface area contributed by atoms with E-state index in [1.807, 2.05) is 14.0 Å².